The standard InChI is InChI=1S/C17H23N3O4S/c1-19-10-7-13(8-11-19)6-9-18-16(21)12-20-17(22)14-4-2-3-5-15(14)25(20,23)24/h2-5,13H,6-12H2,1H3,(H,18,21). The Morgan fingerprint density at radius 1 is 1.24 bits per heavy atom. The molecule has 2 amide bonds. The van der Waals surface area contributed by atoms with Crippen LogP contribution in [0.25, 0.3) is 0 Å². The molecule has 0 spiro atoms. The Kier molecular flexibility index (Phi) is 5.10. The Morgan fingerprint density at radius 3 is 2.60 bits per heavy atom. The Bertz CT molecular complexity index is 770. The first-order chi connectivity index (χ1) is 11.9. The summed E-state index contributed by atoms with van der Waals surface area (Å²) in [6.45, 7) is 2.17. The number of likely N-dealkylation sites (tertiary alicyclic amines) is 1. The molecule has 0 unspecified atom stereocenters. The molecule has 2 heterocycles. The van der Waals surface area contributed by atoms with Crippen molar-refractivity contribution in [3.05, 3.63) is 29.8 Å². The quantitative estimate of drug-likeness (QED) is 0.829. The van der Waals surface area contributed by atoms with Crippen molar-refractivity contribution in [3.8, 4) is 0 Å². The predicted molar refractivity (Wildman–Crippen MR) is 92.5 cm³/mol. The number of hydrogen-bond donors (Lipinski definition) is 1. The van der Waals surface area contributed by atoms with Crippen LogP contribution in [0.4, 0.5) is 0 Å². The molecule has 0 radical (unpaired) electrons. The lowest BCUT2D eigenvalue weighted by atomic mass is 9.94. The molecule has 2 aliphatic heterocycles. The number of amides is 2. The highest BCUT2D eigenvalue weighted by Crippen LogP contribution is 2.29. The third kappa shape index (κ3) is 3.69. The first-order valence-corrected chi connectivity index (χ1v) is 9.95. The number of sulfonamides is 1. The molecule has 0 atom stereocenters. The zero-order valence-electron chi connectivity index (χ0n) is 14.3. The topological polar surface area (TPSA) is 86.8 Å². The second kappa shape index (κ2) is 7.13. The summed E-state index contributed by atoms with van der Waals surface area (Å²) >= 11 is 0. The molecule has 3 rings (SSSR count). The van der Waals surface area contributed by atoms with E-state index in [-0.39, 0.29) is 10.5 Å². The molecule has 1 aromatic carbocycles. The van der Waals surface area contributed by atoms with Crippen LogP contribution in [0.2, 0.25) is 0 Å². The highest BCUT2D eigenvalue weighted by Gasteiger charge is 2.41. The van der Waals surface area contributed by atoms with Crippen LogP contribution >= 0.6 is 0 Å². The summed E-state index contributed by atoms with van der Waals surface area (Å²) in [5.74, 6) is -0.503. The molecule has 1 fully saturated rings. The van der Waals surface area contributed by atoms with Gasteiger partial charge >= 0.3 is 0 Å². The first-order valence-electron chi connectivity index (χ1n) is 8.51. The molecule has 0 aromatic heterocycles. The summed E-state index contributed by atoms with van der Waals surface area (Å²) in [5, 5.41) is 2.74. The summed E-state index contributed by atoms with van der Waals surface area (Å²) in [5.41, 5.74) is 0.127. The maximum atomic E-state index is 12.4. The van der Waals surface area contributed by atoms with E-state index in [4.69, 9.17) is 0 Å². The molecule has 0 bridgehead atoms. The number of benzene rings is 1. The van der Waals surface area contributed by atoms with E-state index in [1.54, 1.807) is 12.1 Å². The molecule has 8 heteroatoms. The van der Waals surface area contributed by atoms with Gasteiger partial charge in [0.2, 0.25) is 5.91 Å². The average Bonchev–Trinajstić information content (AvgIpc) is 2.78. The van der Waals surface area contributed by atoms with Gasteiger partial charge in [-0.3, -0.25) is 9.59 Å². The summed E-state index contributed by atoms with van der Waals surface area (Å²) in [6, 6.07) is 6.03. The van der Waals surface area contributed by atoms with Gasteiger partial charge in [0.05, 0.1) is 5.56 Å². The van der Waals surface area contributed by atoms with Gasteiger partial charge in [0.1, 0.15) is 11.4 Å². The van der Waals surface area contributed by atoms with E-state index >= 15 is 0 Å². The third-order valence-electron chi connectivity index (χ3n) is 4.91. The van der Waals surface area contributed by atoms with E-state index in [2.05, 4.69) is 17.3 Å². The van der Waals surface area contributed by atoms with Gasteiger partial charge in [-0.15, -0.1) is 0 Å². The van der Waals surface area contributed by atoms with Crippen molar-refractivity contribution in [1.82, 2.24) is 14.5 Å². The normalized spacial score (nSPS) is 20.5. The fraction of sp³-hybridized carbons (Fsp3) is 0.529. The van der Waals surface area contributed by atoms with Gasteiger partial charge < -0.3 is 10.2 Å². The van der Waals surface area contributed by atoms with E-state index in [1.165, 1.54) is 12.1 Å². The lowest BCUT2D eigenvalue weighted by Gasteiger charge is -2.28. The average molecular weight is 365 g/mol. The van der Waals surface area contributed by atoms with Gasteiger partial charge in [-0.1, -0.05) is 12.1 Å². The predicted octanol–water partition coefficient (Wildman–Crippen LogP) is 0.679. The van der Waals surface area contributed by atoms with Crippen molar-refractivity contribution in [3.63, 3.8) is 0 Å². The molecule has 1 saturated heterocycles. The smallest absolute Gasteiger partial charge is 0.269 e. The lowest BCUT2D eigenvalue weighted by Crippen LogP contribution is -2.41. The molecule has 25 heavy (non-hydrogen) atoms. The largest absolute Gasteiger partial charge is 0.355 e. The van der Waals surface area contributed by atoms with Crippen molar-refractivity contribution in [1.29, 1.82) is 0 Å². The number of carbonyl (C=O) groups excluding carboxylic acids is 2. The number of nitrogens with zero attached hydrogens (tertiary/aromatic N) is 2. The van der Waals surface area contributed by atoms with Gasteiger partial charge in [-0.25, -0.2) is 12.7 Å². The molecule has 0 aliphatic carbocycles. The molecule has 1 N–H and O–H groups in total. The SMILES string of the molecule is CN1CCC(CCNC(=O)CN2C(=O)c3ccccc3S2(=O)=O)CC1. The zero-order valence-corrected chi connectivity index (χ0v) is 15.1. The van der Waals surface area contributed by atoms with Gasteiger partial charge in [-0.05, 0) is 57.5 Å². The highest BCUT2D eigenvalue weighted by atomic mass is 32.2. The zero-order chi connectivity index (χ0) is 18.0. The van der Waals surface area contributed by atoms with Crippen molar-refractivity contribution < 1.29 is 18.0 Å². The van der Waals surface area contributed by atoms with Gasteiger partial charge in [0.25, 0.3) is 15.9 Å². The van der Waals surface area contributed by atoms with Crippen molar-refractivity contribution in [2.24, 2.45) is 5.92 Å². The Labute approximate surface area is 148 Å². The summed E-state index contributed by atoms with van der Waals surface area (Å²) in [6.07, 6.45) is 3.10. The number of rotatable bonds is 5. The monoisotopic (exact) mass is 365 g/mol. The summed E-state index contributed by atoms with van der Waals surface area (Å²) < 4.78 is 25.5. The maximum absolute atomic E-state index is 12.4. The fourth-order valence-electron chi connectivity index (χ4n) is 3.34. The van der Waals surface area contributed by atoms with Crippen LogP contribution in [0.1, 0.15) is 29.6 Å². The summed E-state index contributed by atoms with van der Waals surface area (Å²) in [4.78, 5) is 26.6. The number of hydrogen-bond acceptors (Lipinski definition) is 5. The fourth-order valence-corrected chi connectivity index (χ4v) is 4.87. The number of fused-ring (bicyclic) bond motifs is 1. The van der Waals surface area contributed by atoms with E-state index in [0.717, 1.165) is 32.4 Å². The number of piperidine rings is 1. The van der Waals surface area contributed by atoms with Crippen LogP contribution in [-0.2, 0) is 14.8 Å². The Hall–Kier alpha value is -1.93. The van der Waals surface area contributed by atoms with E-state index in [1.807, 2.05) is 0 Å². The summed E-state index contributed by atoms with van der Waals surface area (Å²) in [7, 11) is -1.82. The van der Waals surface area contributed by atoms with Crippen LogP contribution < -0.4 is 5.32 Å². The molecular formula is C17H23N3O4S. The lowest BCUT2D eigenvalue weighted by molar-refractivity contribution is -0.121. The minimum Gasteiger partial charge on any atom is -0.355 e. The van der Waals surface area contributed by atoms with Crippen LogP contribution in [0.3, 0.4) is 0 Å². The molecule has 0 saturated carbocycles. The van der Waals surface area contributed by atoms with Crippen LogP contribution in [0.5, 0.6) is 0 Å². The van der Waals surface area contributed by atoms with Gasteiger partial charge in [-0.2, -0.15) is 0 Å². The number of nitrogens with one attached hydrogen (secondary N) is 1. The highest BCUT2D eigenvalue weighted by molar-refractivity contribution is 7.90. The molecule has 7 nitrogen and oxygen atoms in total. The second-order valence-corrected chi connectivity index (χ2v) is 8.53. The van der Waals surface area contributed by atoms with Crippen molar-refractivity contribution in [2.45, 2.75) is 24.2 Å². The molecule has 2 aliphatic rings. The van der Waals surface area contributed by atoms with Crippen LogP contribution in [0, 0.1) is 5.92 Å². The van der Waals surface area contributed by atoms with Gasteiger partial charge in [0.15, 0.2) is 0 Å². The molecule has 136 valence electrons. The van der Waals surface area contributed by atoms with Crippen LogP contribution in [-0.4, -0.2) is 62.7 Å². The van der Waals surface area contributed by atoms with Crippen molar-refractivity contribution >= 4 is 21.8 Å². The van der Waals surface area contributed by atoms with Crippen molar-refractivity contribution in [2.75, 3.05) is 33.2 Å². The molecular weight excluding hydrogens is 342 g/mol. The second-order valence-electron chi connectivity index (χ2n) is 6.70. The maximum Gasteiger partial charge on any atom is 0.269 e. The third-order valence-corrected chi connectivity index (χ3v) is 6.70. The van der Waals surface area contributed by atoms with E-state index in [0.29, 0.717) is 16.8 Å². The number of carbonyl (C=O) groups is 2. The minimum atomic E-state index is -3.92. The van der Waals surface area contributed by atoms with E-state index < -0.39 is 28.4 Å². The minimum absolute atomic E-state index is 0.0286. The Balaban J connectivity index is 1.53. The Morgan fingerprint density at radius 2 is 1.92 bits per heavy atom. The van der Waals surface area contributed by atoms with E-state index in [9.17, 15) is 18.0 Å². The van der Waals surface area contributed by atoms with Gasteiger partial charge in [0, 0.05) is 6.54 Å². The first kappa shape index (κ1) is 17.9. The van der Waals surface area contributed by atoms with Crippen LogP contribution in [0.15, 0.2) is 29.2 Å². The molecule has 1 aromatic rings.